The van der Waals surface area contributed by atoms with Crippen molar-refractivity contribution in [3.05, 3.63) is 59.7 Å². The average molecular weight is 364 g/mol. The van der Waals surface area contributed by atoms with Crippen molar-refractivity contribution in [3.8, 4) is 5.75 Å². The highest BCUT2D eigenvalue weighted by Crippen LogP contribution is 2.40. The Morgan fingerprint density at radius 2 is 1.89 bits per heavy atom. The van der Waals surface area contributed by atoms with Gasteiger partial charge in [0.15, 0.2) is 0 Å². The highest BCUT2D eigenvalue weighted by Gasteiger charge is 2.41. The highest BCUT2D eigenvalue weighted by atomic mass is 16.5. The summed E-state index contributed by atoms with van der Waals surface area (Å²) in [5, 5.41) is 3.56. The number of hydrogen-bond acceptors (Lipinski definition) is 4. The molecule has 1 saturated heterocycles. The number of anilines is 1. The number of amides is 1. The van der Waals surface area contributed by atoms with Crippen molar-refractivity contribution in [2.75, 3.05) is 18.5 Å². The summed E-state index contributed by atoms with van der Waals surface area (Å²) in [6.45, 7) is 1.44. The second-order valence-corrected chi connectivity index (χ2v) is 7.55. The first-order valence-electron chi connectivity index (χ1n) is 9.82. The zero-order valence-electron chi connectivity index (χ0n) is 15.3. The van der Waals surface area contributed by atoms with Crippen molar-refractivity contribution in [2.24, 2.45) is 0 Å². The van der Waals surface area contributed by atoms with Gasteiger partial charge in [-0.2, -0.15) is 0 Å². The van der Waals surface area contributed by atoms with E-state index in [9.17, 15) is 4.79 Å². The smallest absolute Gasteiger partial charge is 0.258 e. The molecule has 0 unspecified atom stereocenters. The number of ether oxygens (including phenoxy) is 2. The largest absolute Gasteiger partial charge is 0.491 e. The van der Waals surface area contributed by atoms with E-state index in [-0.39, 0.29) is 18.2 Å². The number of carbonyl (C=O) groups is 1. The van der Waals surface area contributed by atoms with Gasteiger partial charge >= 0.3 is 0 Å². The van der Waals surface area contributed by atoms with Crippen LogP contribution in [0.3, 0.4) is 0 Å². The summed E-state index contributed by atoms with van der Waals surface area (Å²) in [7, 11) is 0. The Kier molecular flexibility index (Phi) is 4.24. The van der Waals surface area contributed by atoms with Crippen molar-refractivity contribution < 1.29 is 14.3 Å². The quantitative estimate of drug-likeness (QED) is 0.872. The fraction of sp³-hybridized carbons (Fsp3) is 0.409. The lowest BCUT2D eigenvalue weighted by Crippen LogP contribution is -2.44. The minimum absolute atomic E-state index is 0.121. The summed E-state index contributed by atoms with van der Waals surface area (Å²) in [5.41, 5.74) is 2.74. The molecule has 27 heavy (non-hydrogen) atoms. The molecular formula is C22H24N2O3. The highest BCUT2D eigenvalue weighted by molar-refractivity contribution is 6.02. The van der Waals surface area contributed by atoms with E-state index in [4.69, 9.17) is 9.47 Å². The minimum atomic E-state index is -0.132. The number of carbonyl (C=O) groups excluding carboxylic acids is 1. The summed E-state index contributed by atoms with van der Waals surface area (Å²) < 4.78 is 11.5. The summed E-state index contributed by atoms with van der Waals surface area (Å²) in [5.74, 6) is 0.963. The lowest BCUT2D eigenvalue weighted by atomic mass is 10.0. The van der Waals surface area contributed by atoms with E-state index in [1.54, 1.807) is 0 Å². The molecule has 1 aliphatic carbocycles. The third kappa shape index (κ3) is 3.28. The van der Waals surface area contributed by atoms with E-state index in [1.807, 2.05) is 41.3 Å². The zero-order valence-corrected chi connectivity index (χ0v) is 15.3. The molecule has 0 radical (unpaired) electrons. The molecule has 1 N–H and O–H groups in total. The number of fused-ring (bicyclic) bond motifs is 1. The monoisotopic (exact) mass is 364 g/mol. The molecule has 0 aromatic heterocycles. The van der Waals surface area contributed by atoms with Crippen molar-refractivity contribution in [2.45, 2.75) is 44.0 Å². The Balaban J connectivity index is 1.35. The van der Waals surface area contributed by atoms with Crippen molar-refractivity contribution in [1.29, 1.82) is 0 Å². The van der Waals surface area contributed by atoms with Gasteiger partial charge in [0.05, 0.1) is 11.7 Å². The van der Waals surface area contributed by atoms with Crippen LogP contribution in [-0.2, 0) is 4.74 Å². The van der Waals surface area contributed by atoms with Gasteiger partial charge in [-0.15, -0.1) is 0 Å². The van der Waals surface area contributed by atoms with E-state index in [0.717, 1.165) is 54.9 Å². The summed E-state index contributed by atoms with van der Waals surface area (Å²) in [6.07, 6.45) is 4.43. The van der Waals surface area contributed by atoms with Crippen LogP contribution in [0, 0.1) is 0 Å². The van der Waals surface area contributed by atoms with Crippen LogP contribution in [0.25, 0.3) is 0 Å². The first-order chi connectivity index (χ1) is 13.3. The fourth-order valence-corrected chi connectivity index (χ4v) is 3.95. The SMILES string of the molecule is O=C1c2ccccc2N[C@@H](c2ccc(OC[C@H]3CCCO3)cc2)N1C1CC1. The third-order valence-electron chi connectivity index (χ3n) is 5.56. The first-order valence-corrected chi connectivity index (χ1v) is 9.82. The van der Waals surface area contributed by atoms with Gasteiger partial charge in [-0.3, -0.25) is 4.79 Å². The van der Waals surface area contributed by atoms with Crippen molar-refractivity contribution in [1.82, 2.24) is 4.90 Å². The maximum Gasteiger partial charge on any atom is 0.258 e. The van der Waals surface area contributed by atoms with Crippen molar-refractivity contribution in [3.63, 3.8) is 0 Å². The van der Waals surface area contributed by atoms with Crippen LogP contribution in [0.2, 0.25) is 0 Å². The van der Waals surface area contributed by atoms with E-state index in [2.05, 4.69) is 17.4 Å². The van der Waals surface area contributed by atoms with Gasteiger partial charge in [-0.1, -0.05) is 24.3 Å². The first kappa shape index (κ1) is 16.6. The molecule has 2 aromatic rings. The minimum Gasteiger partial charge on any atom is -0.491 e. The van der Waals surface area contributed by atoms with E-state index < -0.39 is 0 Å². The summed E-state index contributed by atoms with van der Waals surface area (Å²) in [4.78, 5) is 15.1. The molecule has 5 rings (SSSR count). The van der Waals surface area contributed by atoms with Gasteiger partial charge in [0.2, 0.25) is 0 Å². The maximum absolute atomic E-state index is 13.0. The predicted molar refractivity (Wildman–Crippen MR) is 103 cm³/mol. The summed E-state index contributed by atoms with van der Waals surface area (Å²) in [6, 6.07) is 16.2. The molecule has 2 heterocycles. The van der Waals surface area contributed by atoms with E-state index in [0.29, 0.717) is 12.6 Å². The van der Waals surface area contributed by atoms with Crippen LogP contribution in [0.5, 0.6) is 5.75 Å². The van der Waals surface area contributed by atoms with Gasteiger partial charge in [0.25, 0.3) is 5.91 Å². The van der Waals surface area contributed by atoms with E-state index >= 15 is 0 Å². The standard InChI is InChI=1S/C22H24N2O3/c25-22-19-5-1-2-6-20(19)23-21(24(22)16-9-10-16)15-7-11-17(12-8-15)27-14-18-4-3-13-26-18/h1-2,5-8,11-12,16,18,21,23H,3-4,9-10,13-14H2/t18-,21-/m1/s1. The molecule has 1 amide bonds. The molecule has 3 aliphatic rings. The molecule has 2 fully saturated rings. The molecule has 0 spiro atoms. The summed E-state index contributed by atoms with van der Waals surface area (Å²) >= 11 is 0. The number of nitrogens with zero attached hydrogens (tertiary/aromatic N) is 1. The Hall–Kier alpha value is -2.53. The van der Waals surface area contributed by atoms with Crippen molar-refractivity contribution >= 4 is 11.6 Å². The topological polar surface area (TPSA) is 50.8 Å². The molecular weight excluding hydrogens is 340 g/mol. The lowest BCUT2D eigenvalue weighted by molar-refractivity contribution is 0.0663. The van der Waals surface area contributed by atoms with Gasteiger partial charge < -0.3 is 19.7 Å². The number of rotatable bonds is 5. The number of hydrogen-bond donors (Lipinski definition) is 1. The molecule has 140 valence electrons. The number of nitrogens with one attached hydrogen (secondary N) is 1. The Labute approximate surface area is 159 Å². The van der Waals surface area contributed by atoms with Crippen LogP contribution in [0.1, 0.15) is 47.8 Å². The van der Waals surface area contributed by atoms with Gasteiger partial charge in [-0.25, -0.2) is 0 Å². The molecule has 2 aromatic carbocycles. The van der Waals surface area contributed by atoms with Gasteiger partial charge in [0.1, 0.15) is 18.5 Å². The van der Waals surface area contributed by atoms with E-state index in [1.165, 1.54) is 0 Å². The Morgan fingerprint density at radius 1 is 1.07 bits per heavy atom. The predicted octanol–water partition coefficient (Wildman–Crippen LogP) is 3.97. The molecule has 1 saturated carbocycles. The normalized spacial score (nSPS) is 24.4. The van der Waals surface area contributed by atoms with Gasteiger partial charge in [0, 0.05) is 18.3 Å². The van der Waals surface area contributed by atoms with Crippen LogP contribution in [-0.4, -0.2) is 36.2 Å². The van der Waals surface area contributed by atoms with Gasteiger partial charge in [-0.05, 0) is 55.5 Å². The number of benzene rings is 2. The molecule has 0 bridgehead atoms. The molecule has 5 heteroatoms. The Bertz CT molecular complexity index is 826. The van der Waals surface area contributed by atoms with Crippen LogP contribution >= 0.6 is 0 Å². The van der Waals surface area contributed by atoms with Crippen LogP contribution in [0.4, 0.5) is 5.69 Å². The third-order valence-corrected chi connectivity index (χ3v) is 5.56. The second kappa shape index (κ2) is 6.89. The fourth-order valence-electron chi connectivity index (χ4n) is 3.95. The lowest BCUT2D eigenvalue weighted by Gasteiger charge is -2.38. The molecule has 2 atom stereocenters. The zero-order chi connectivity index (χ0) is 18.2. The maximum atomic E-state index is 13.0. The second-order valence-electron chi connectivity index (χ2n) is 7.55. The average Bonchev–Trinajstić information content (AvgIpc) is 3.40. The number of para-hydroxylation sites is 1. The van der Waals surface area contributed by atoms with Crippen LogP contribution < -0.4 is 10.1 Å². The molecule has 2 aliphatic heterocycles. The Morgan fingerprint density at radius 3 is 2.63 bits per heavy atom. The van der Waals surface area contributed by atoms with Crippen LogP contribution in [0.15, 0.2) is 48.5 Å². The molecule has 5 nitrogen and oxygen atoms in total.